The lowest BCUT2D eigenvalue weighted by Crippen LogP contribution is -2.34. The zero-order chi connectivity index (χ0) is 15.3. The van der Waals surface area contributed by atoms with E-state index in [1.165, 1.54) is 4.31 Å². The van der Waals surface area contributed by atoms with Crippen molar-refractivity contribution in [1.29, 1.82) is 0 Å². The fourth-order valence-electron chi connectivity index (χ4n) is 1.81. The summed E-state index contributed by atoms with van der Waals surface area (Å²) in [6.07, 6.45) is 0.951. The van der Waals surface area contributed by atoms with Crippen LogP contribution in [-0.4, -0.2) is 30.8 Å². The molecule has 0 fully saturated rings. The fourth-order valence-corrected chi connectivity index (χ4v) is 3.52. The van der Waals surface area contributed by atoms with Gasteiger partial charge in [0, 0.05) is 18.7 Å². The van der Waals surface area contributed by atoms with Gasteiger partial charge in [0.15, 0.2) is 0 Å². The highest BCUT2D eigenvalue weighted by atomic mass is 32.2. The lowest BCUT2D eigenvalue weighted by atomic mass is 10.1. The SMILES string of the molecule is CCC(C)CN(CC)S(=O)(=O)c1ccc(C(N)=S)cc1. The number of rotatable bonds is 7. The molecule has 4 nitrogen and oxygen atoms in total. The topological polar surface area (TPSA) is 63.4 Å². The number of hydrogen-bond acceptors (Lipinski definition) is 3. The van der Waals surface area contributed by atoms with Gasteiger partial charge in [0.2, 0.25) is 10.0 Å². The van der Waals surface area contributed by atoms with E-state index < -0.39 is 10.0 Å². The molecule has 1 aromatic rings. The molecular formula is C14H22N2O2S2. The van der Waals surface area contributed by atoms with E-state index in [9.17, 15) is 8.42 Å². The van der Waals surface area contributed by atoms with Gasteiger partial charge in [0.05, 0.1) is 4.90 Å². The molecule has 0 bridgehead atoms. The van der Waals surface area contributed by atoms with E-state index in [0.29, 0.717) is 24.6 Å². The van der Waals surface area contributed by atoms with Crippen LogP contribution in [0.1, 0.15) is 32.8 Å². The maximum atomic E-state index is 12.6. The van der Waals surface area contributed by atoms with Gasteiger partial charge in [0.1, 0.15) is 4.99 Å². The molecule has 112 valence electrons. The zero-order valence-corrected chi connectivity index (χ0v) is 13.8. The summed E-state index contributed by atoms with van der Waals surface area (Å²) in [5.41, 5.74) is 6.18. The summed E-state index contributed by atoms with van der Waals surface area (Å²) in [6, 6.07) is 6.41. The second-order valence-electron chi connectivity index (χ2n) is 4.86. The summed E-state index contributed by atoms with van der Waals surface area (Å²) >= 11 is 4.86. The van der Waals surface area contributed by atoms with Gasteiger partial charge < -0.3 is 5.73 Å². The quantitative estimate of drug-likeness (QED) is 0.785. The Bertz CT molecular complexity index is 553. The molecule has 1 aromatic carbocycles. The molecular weight excluding hydrogens is 292 g/mol. The average Bonchev–Trinajstić information content (AvgIpc) is 2.44. The Morgan fingerprint density at radius 1 is 1.30 bits per heavy atom. The van der Waals surface area contributed by atoms with Crippen molar-refractivity contribution >= 4 is 27.2 Å². The number of nitrogens with two attached hydrogens (primary N) is 1. The molecule has 0 aliphatic rings. The Hall–Kier alpha value is -0.980. The van der Waals surface area contributed by atoms with Crippen LogP contribution >= 0.6 is 12.2 Å². The molecule has 1 rings (SSSR count). The van der Waals surface area contributed by atoms with Crippen molar-refractivity contribution in [3.05, 3.63) is 29.8 Å². The Morgan fingerprint density at radius 3 is 2.25 bits per heavy atom. The number of benzene rings is 1. The van der Waals surface area contributed by atoms with Crippen molar-refractivity contribution in [2.24, 2.45) is 11.7 Å². The van der Waals surface area contributed by atoms with Gasteiger partial charge in [-0.3, -0.25) is 0 Å². The van der Waals surface area contributed by atoms with Crippen molar-refractivity contribution < 1.29 is 8.42 Å². The van der Waals surface area contributed by atoms with Crippen molar-refractivity contribution in [2.75, 3.05) is 13.1 Å². The second kappa shape index (κ2) is 7.15. The number of nitrogens with zero attached hydrogens (tertiary/aromatic N) is 1. The van der Waals surface area contributed by atoms with Crippen LogP contribution in [0.15, 0.2) is 29.2 Å². The maximum Gasteiger partial charge on any atom is 0.243 e. The Morgan fingerprint density at radius 2 is 1.85 bits per heavy atom. The van der Waals surface area contributed by atoms with Crippen LogP contribution < -0.4 is 5.73 Å². The number of hydrogen-bond donors (Lipinski definition) is 1. The summed E-state index contributed by atoms with van der Waals surface area (Å²) < 4.78 is 26.6. The fraction of sp³-hybridized carbons (Fsp3) is 0.500. The van der Waals surface area contributed by atoms with Gasteiger partial charge in [-0.2, -0.15) is 4.31 Å². The van der Waals surface area contributed by atoms with E-state index >= 15 is 0 Å². The van der Waals surface area contributed by atoms with Gasteiger partial charge >= 0.3 is 0 Å². The molecule has 0 radical (unpaired) electrons. The maximum absolute atomic E-state index is 12.6. The lowest BCUT2D eigenvalue weighted by molar-refractivity contribution is 0.361. The summed E-state index contributed by atoms with van der Waals surface area (Å²) in [6.45, 7) is 6.95. The third-order valence-corrected chi connectivity index (χ3v) is 5.53. The summed E-state index contributed by atoms with van der Waals surface area (Å²) in [7, 11) is -3.45. The first-order valence-corrected chi connectivity index (χ1v) is 8.57. The minimum absolute atomic E-state index is 0.265. The lowest BCUT2D eigenvalue weighted by Gasteiger charge is -2.23. The van der Waals surface area contributed by atoms with Crippen molar-refractivity contribution in [1.82, 2.24) is 4.31 Å². The normalized spacial score (nSPS) is 13.4. The van der Waals surface area contributed by atoms with Crippen LogP contribution in [0.5, 0.6) is 0 Å². The summed E-state index contributed by atoms with van der Waals surface area (Å²) in [4.78, 5) is 0.545. The third-order valence-electron chi connectivity index (χ3n) is 3.34. The summed E-state index contributed by atoms with van der Waals surface area (Å²) in [5.74, 6) is 0.334. The Kier molecular flexibility index (Phi) is 6.10. The Labute approximate surface area is 127 Å². The molecule has 0 heterocycles. The molecule has 2 N–H and O–H groups in total. The number of thiocarbonyl (C=S) groups is 1. The molecule has 20 heavy (non-hydrogen) atoms. The average molecular weight is 314 g/mol. The van der Waals surface area contributed by atoms with Crippen LogP contribution in [0, 0.1) is 5.92 Å². The highest BCUT2D eigenvalue weighted by Crippen LogP contribution is 2.18. The number of sulfonamides is 1. The first kappa shape index (κ1) is 17.1. The molecule has 0 saturated carbocycles. The van der Waals surface area contributed by atoms with Crippen LogP contribution in [0.3, 0.4) is 0 Å². The van der Waals surface area contributed by atoms with Gasteiger partial charge in [-0.05, 0) is 18.1 Å². The second-order valence-corrected chi connectivity index (χ2v) is 7.24. The third kappa shape index (κ3) is 4.01. The van der Waals surface area contributed by atoms with Gasteiger partial charge in [-0.25, -0.2) is 8.42 Å². The highest BCUT2D eigenvalue weighted by Gasteiger charge is 2.24. The van der Waals surface area contributed by atoms with Crippen LogP contribution in [0.25, 0.3) is 0 Å². The van der Waals surface area contributed by atoms with Crippen molar-refractivity contribution in [2.45, 2.75) is 32.1 Å². The van der Waals surface area contributed by atoms with Crippen LogP contribution in [0.2, 0.25) is 0 Å². The van der Waals surface area contributed by atoms with E-state index in [4.69, 9.17) is 18.0 Å². The van der Waals surface area contributed by atoms with Crippen molar-refractivity contribution in [3.63, 3.8) is 0 Å². The smallest absolute Gasteiger partial charge is 0.243 e. The first-order valence-electron chi connectivity index (χ1n) is 6.72. The van der Waals surface area contributed by atoms with Crippen LogP contribution in [-0.2, 0) is 10.0 Å². The molecule has 0 amide bonds. The van der Waals surface area contributed by atoms with Crippen molar-refractivity contribution in [3.8, 4) is 0 Å². The molecule has 0 aliphatic carbocycles. The van der Waals surface area contributed by atoms with Crippen LogP contribution in [0.4, 0.5) is 0 Å². The predicted molar refractivity (Wildman–Crippen MR) is 86.2 cm³/mol. The highest BCUT2D eigenvalue weighted by molar-refractivity contribution is 7.89. The van der Waals surface area contributed by atoms with E-state index in [0.717, 1.165) is 6.42 Å². The van der Waals surface area contributed by atoms with E-state index in [1.54, 1.807) is 24.3 Å². The van der Waals surface area contributed by atoms with Gasteiger partial charge in [-0.1, -0.05) is 51.5 Å². The largest absolute Gasteiger partial charge is 0.389 e. The standard InChI is InChI=1S/C14H22N2O2S2/c1-4-11(3)10-16(5-2)20(17,18)13-8-6-12(7-9-13)14(15)19/h6-9,11H,4-5,10H2,1-3H3,(H2,15,19). The first-order chi connectivity index (χ1) is 9.32. The molecule has 1 unspecified atom stereocenters. The molecule has 0 aromatic heterocycles. The van der Waals surface area contributed by atoms with E-state index in [2.05, 4.69) is 6.92 Å². The molecule has 0 saturated heterocycles. The van der Waals surface area contributed by atoms with Gasteiger partial charge in [0.25, 0.3) is 0 Å². The molecule has 0 aliphatic heterocycles. The summed E-state index contributed by atoms with van der Waals surface area (Å²) in [5, 5.41) is 0. The van der Waals surface area contributed by atoms with Gasteiger partial charge in [-0.15, -0.1) is 0 Å². The molecule has 6 heteroatoms. The molecule has 0 spiro atoms. The predicted octanol–water partition coefficient (Wildman–Crippen LogP) is 2.38. The van der Waals surface area contributed by atoms with E-state index in [-0.39, 0.29) is 9.88 Å². The monoisotopic (exact) mass is 314 g/mol. The Balaban J connectivity index is 3.04. The minimum Gasteiger partial charge on any atom is -0.389 e. The minimum atomic E-state index is -3.45. The van der Waals surface area contributed by atoms with E-state index in [1.807, 2.05) is 13.8 Å². The molecule has 1 atom stereocenters. The zero-order valence-electron chi connectivity index (χ0n) is 12.2.